The summed E-state index contributed by atoms with van der Waals surface area (Å²) in [6.45, 7) is 2.70. The molecule has 0 atom stereocenters. The first kappa shape index (κ1) is 17.0. The number of rotatable bonds is 3. The van der Waals surface area contributed by atoms with Gasteiger partial charge < -0.3 is 14.7 Å². The second kappa shape index (κ2) is 6.97. The van der Waals surface area contributed by atoms with Crippen LogP contribution < -0.4 is 9.64 Å². The SMILES string of the molecule is COc1cc(C(=O)N2CCCCc3cc(C)ccc32)ccc1C(=O)O. The highest BCUT2D eigenvalue weighted by atomic mass is 16.5. The van der Waals surface area contributed by atoms with Crippen LogP contribution in [0.25, 0.3) is 0 Å². The normalized spacial score (nSPS) is 13.8. The molecule has 2 aromatic rings. The number of carboxylic acid groups (broad SMARTS) is 1. The summed E-state index contributed by atoms with van der Waals surface area (Å²) >= 11 is 0. The lowest BCUT2D eigenvalue weighted by Gasteiger charge is -2.23. The van der Waals surface area contributed by atoms with Gasteiger partial charge in [0.1, 0.15) is 11.3 Å². The average Bonchev–Trinajstić information content (AvgIpc) is 2.82. The third kappa shape index (κ3) is 3.36. The molecule has 0 spiro atoms. The molecule has 1 aliphatic rings. The molecule has 0 aromatic heterocycles. The average molecular weight is 339 g/mol. The van der Waals surface area contributed by atoms with E-state index in [0.29, 0.717) is 12.1 Å². The number of anilines is 1. The van der Waals surface area contributed by atoms with Crippen molar-refractivity contribution >= 4 is 17.6 Å². The van der Waals surface area contributed by atoms with Crippen molar-refractivity contribution in [3.8, 4) is 5.75 Å². The molecule has 0 radical (unpaired) electrons. The molecule has 5 heteroatoms. The molecule has 1 N–H and O–H groups in total. The standard InChI is InChI=1S/C20H21NO4/c1-13-6-9-17-14(11-13)5-3-4-10-21(17)19(22)15-7-8-16(20(23)24)18(12-15)25-2/h6-9,11-12H,3-5,10H2,1-2H3,(H,23,24). The lowest BCUT2D eigenvalue weighted by molar-refractivity contribution is 0.0692. The molecule has 1 heterocycles. The number of methoxy groups -OCH3 is 1. The van der Waals surface area contributed by atoms with Crippen molar-refractivity contribution in [1.82, 2.24) is 0 Å². The Balaban J connectivity index is 2.00. The third-order valence-corrected chi connectivity index (χ3v) is 4.53. The van der Waals surface area contributed by atoms with Crippen molar-refractivity contribution in [3.63, 3.8) is 0 Å². The maximum atomic E-state index is 13.1. The number of benzene rings is 2. The number of carbonyl (C=O) groups is 2. The van der Waals surface area contributed by atoms with Gasteiger partial charge in [0.05, 0.1) is 7.11 Å². The number of carbonyl (C=O) groups excluding carboxylic acids is 1. The predicted octanol–water partition coefficient (Wildman–Crippen LogP) is 3.68. The molecule has 3 rings (SSSR count). The number of amides is 1. The highest BCUT2D eigenvalue weighted by Crippen LogP contribution is 2.30. The van der Waals surface area contributed by atoms with Crippen LogP contribution in [-0.4, -0.2) is 30.6 Å². The van der Waals surface area contributed by atoms with Crippen molar-refractivity contribution in [3.05, 3.63) is 58.7 Å². The summed E-state index contributed by atoms with van der Waals surface area (Å²) in [5.74, 6) is -1.02. The van der Waals surface area contributed by atoms with Gasteiger partial charge in [-0.3, -0.25) is 4.79 Å². The second-order valence-electron chi connectivity index (χ2n) is 6.27. The van der Waals surface area contributed by atoms with Gasteiger partial charge in [-0.05, 0) is 56.0 Å². The van der Waals surface area contributed by atoms with Crippen LogP contribution in [0.4, 0.5) is 5.69 Å². The highest BCUT2D eigenvalue weighted by molar-refractivity contribution is 6.07. The summed E-state index contributed by atoms with van der Waals surface area (Å²) < 4.78 is 5.14. The van der Waals surface area contributed by atoms with E-state index in [-0.39, 0.29) is 17.2 Å². The Labute approximate surface area is 146 Å². The van der Waals surface area contributed by atoms with Gasteiger partial charge >= 0.3 is 5.97 Å². The summed E-state index contributed by atoms with van der Waals surface area (Å²) in [6, 6.07) is 10.6. The maximum Gasteiger partial charge on any atom is 0.339 e. The molecule has 0 saturated carbocycles. The number of aryl methyl sites for hydroxylation is 2. The van der Waals surface area contributed by atoms with Gasteiger partial charge in [0.25, 0.3) is 5.91 Å². The molecule has 1 aliphatic heterocycles. The summed E-state index contributed by atoms with van der Waals surface area (Å²) in [6.07, 6.45) is 2.94. The quantitative estimate of drug-likeness (QED) is 0.926. The number of hydrogen-bond acceptors (Lipinski definition) is 3. The predicted molar refractivity (Wildman–Crippen MR) is 95.7 cm³/mol. The smallest absolute Gasteiger partial charge is 0.339 e. The summed E-state index contributed by atoms with van der Waals surface area (Å²) in [4.78, 5) is 26.1. The number of carboxylic acids is 1. The largest absolute Gasteiger partial charge is 0.496 e. The number of fused-ring (bicyclic) bond motifs is 1. The molecular weight excluding hydrogens is 318 g/mol. The first-order chi connectivity index (χ1) is 12.0. The summed E-state index contributed by atoms with van der Waals surface area (Å²) in [5, 5.41) is 9.19. The molecule has 1 amide bonds. The van der Waals surface area contributed by atoms with Crippen LogP contribution in [0.1, 0.15) is 44.7 Å². The van der Waals surface area contributed by atoms with Gasteiger partial charge in [0, 0.05) is 17.8 Å². The van der Waals surface area contributed by atoms with Crippen LogP contribution in [0, 0.1) is 6.92 Å². The lowest BCUT2D eigenvalue weighted by atomic mass is 10.0. The Morgan fingerprint density at radius 3 is 2.64 bits per heavy atom. The van der Waals surface area contributed by atoms with Gasteiger partial charge in [0.2, 0.25) is 0 Å². The van der Waals surface area contributed by atoms with Crippen LogP contribution >= 0.6 is 0 Å². The van der Waals surface area contributed by atoms with E-state index in [4.69, 9.17) is 4.74 Å². The van der Waals surface area contributed by atoms with E-state index < -0.39 is 5.97 Å². The van der Waals surface area contributed by atoms with Crippen molar-refractivity contribution in [2.24, 2.45) is 0 Å². The fourth-order valence-corrected chi connectivity index (χ4v) is 3.25. The molecule has 2 aromatic carbocycles. The van der Waals surface area contributed by atoms with Gasteiger partial charge in [-0.15, -0.1) is 0 Å². The number of aromatic carboxylic acids is 1. The van der Waals surface area contributed by atoms with Crippen LogP contribution in [0.2, 0.25) is 0 Å². The first-order valence-corrected chi connectivity index (χ1v) is 8.34. The molecule has 0 aliphatic carbocycles. The molecule has 0 bridgehead atoms. The van der Waals surface area contributed by atoms with Crippen LogP contribution in [0.15, 0.2) is 36.4 Å². The Kier molecular flexibility index (Phi) is 4.74. The minimum Gasteiger partial charge on any atom is -0.496 e. The number of nitrogens with zero attached hydrogens (tertiary/aromatic N) is 1. The number of hydrogen-bond donors (Lipinski definition) is 1. The van der Waals surface area contributed by atoms with Crippen molar-refractivity contribution < 1.29 is 19.4 Å². The lowest BCUT2D eigenvalue weighted by Crippen LogP contribution is -2.31. The van der Waals surface area contributed by atoms with Crippen molar-refractivity contribution in [1.29, 1.82) is 0 Å². The zero-order valence-corrected chi connectivity index (χ0v) is 14.4. The van der Waals surface area contributed by atoms with E-state index in [1.165, 1.54) is 30.4 Å². The van der Waals surface area contributed by atoms with Crippen LogP contribution in [0.5, 0.6) is 5.75 Å². The molecule has 0 saturated heterocycles. The molecule has 130 valence electrons. The van der Waals surface area contributed by atoms with Crippen LogP contribution in [0.3, 0.4) is 0 Å². The van der Waals surface area contributed by atoms with E-state index in [0.717, 1.165) is 24.9 Å². The first-order valence-electron chi connectivity index (χ1n) is 8.34. The monoisotopic (exact) mass is 339 g/mol. The van der Waals surface area contributed by atoms with E-state index in [2.05, 4.69) is 6.07 Å². The summed E-state index contributed by atoms with van der Waals surface area (Å²) in [5.41, 5.74) is 3.77. The van der Waals surface area contributed by atoms with E-state index in [1.54, 1.807) is 11.0 Å². The highest BCUT2D eigenvalue weighted by Gasteiger charge is 2.24. The maximum absolute atomic E-state index is 13.1. The van der Waals surface area contributed by atoms with E-state index in [1.807, 2.05) is 19.1 Å². The molecular formula is C20H21NO4. The Bertz CT molecular complexity index is 828. The van der Waals surface area contributed by atoms with Gasteiger partial charge in [-0.25, -0.2) is 4.79 Å². The minimum absolute atomic E-state index is 0.0472. The van der Waals surface area contributed by atoms with E-state index >= 15 is 0 Å². The summed E-state index contributed by atoms with van der Waals surface area (Å²) in [7, 11) is 1.40. The topological polar surface area (TPSA) is 66.8 Å². The van der Waals surface area contributed by atoms with Crippen LogP contribution in [-0.2, 0) is 6.42 Å². The number of ether oxygens (including phenoxy) is 1. The van der Waals surface area contributed by atoms with Gasteiger partial charge in [0.15, 0.2) is 0 Å². The Morgan fingerprint density at radius 2 is 1.92 bits per heavy atom. The molecule has 0 fully saturated rings. The van der Waals surface area contributed by atoms with Crippen molar-refractivity contribution in [2.75, 3.05) is 18.6 Å². The van der Waals surface area contributed by atoms with Crippen molar-refractivity contribution in [2.45, 2.75) is 26.2 Å². The molecule has 5 nitrogen and oxygen atoms in total. The molecule has 0 unspecified atom stereocenters. The van der Waals surface area contributed by atoms with Gasteiger partial charge in [-0.2, -0.15) is 0 Å². The fourth-order valence-electron chi connectivity index (χ4n) is 3.25. The zero-order valence-electron chi connectivity index (χ0n) is 14.4. The Hall–Kier alpha value is -2.82. The third-order valence-electron chi connectivity index (χ3n) is 4.53. The Morgan fingerprint density at radius 1 is 1.12 bits per heavy atom. The zero-order chi connectivity index (χ0) is 18.0. The fraction of sp³-hybridized carbons (Fsp3) is 0.300. The second-order valence-corrected chi connectivity index (χ2v) is 6.27. The molecule has 25 heavy (non-hydrogen) atoms. The van der Waals surface area contributed by atoms with Gasteiger partial charge in [-0.1, -0.05) is 17.7 Å². The minimum atomic E-state index is -1.08. The van der Waals surface area contributed by atoms with E-state index in [9.17, 15) is 14.7 Å².